The zero-order chi connectivity index (χ0) is 20.8. The van der Waals surface area contributed by atoms with Gasteiger partial charge in [-0.1, -0.05) is 48.0 Å². The summed E-state index contributed by atoms with van der Waals surface area (Å²) in [6.45, 7) is 5.17. The van der Waals surface area contributed by atoms with Crippen LogP contribution in [-0.2, 0) is 11.3 Å². The Bertz CT molecular complexity index is 970. The lowest BCUT2D eigenvalue weighted by Gasteiger charge is -2.19. The van der Waals surface area contributed by atoms with Gasteiger partial charge in [-0.15, -0.1) is 0 Å². The number of methoxy groups -OCH3 is 1. The Morgan fingerprint density at radius 3 is 2.62 bits per heavy atom. The van der Waals surface area contributed by atoms with Gasteiger partial charge in [0.05, 0.1) is 13.7 Å². The lowest BCUT2D eigenvalue weighted by Crippen LogP contribution is -2.32. The number of benzene rings is 2. The molecule has 1 amide bonds. The van der Waals surface area contributed by atoms with Gasteiger partial charge >= 0.3 is 0 Å². The van der Waals surface area contributed by atoms with Gasteiger partial charge in [0.25, 0.3) is 0 Å². The Kier molecular flexibility index (Phi) is 6.61. The number of aryl methyl sites for hydroxylation is 1. The number of amides is 1. The zero-order valence-corrected chi connectivity index (χ0v) is 16.7. The second-order valence-electron chi connectivity index (χ2n) is 6.76. The van der Waals surface area contributed by atoms with Gasteiger partial charge in [-0.05, 0) is 31.2 Å². The molecule has 1 aromatic heterocycles. The Morgan fingerprint density at radius 2 is 1.97 bits per heavy atom. The Balaban J connectivity index is 1.59. The fourth-order valence-electron chi connectivity index (χ4n) is 2.92. The topological polar surface area (TPSA) is 67.6 Å². The van der Waals surface area contributed by atoms with Crippen LogP contribution in [0.4, 0.5) is 10.3 Å². The fraction of sp³-hybridized carbons (Fsp3) is 0.273. The summed E-state index contributed by atoms with van der Waals surface area (Å²) in [5.74, 6) is -0.162. The van der Waals surface area contributed by atoms with Crippen LogP contribution in [0.15, 0.2) is 53.1 Å². The van der Waals surface area contributed by atoms with E-state index in [9.17, 15) is 9.18 Å². The number of aromatic nitrogens is 1. The van der Waals surface area contributed by atoms with Crippen molar-refractivity contribution in [3.63, 3.8) is 0 Å². The molecule has 152 valence electrons. The summed E-state index contributed by atoms with van der Waals surface area (Å²) in [5.41, 5.74) is 3.49. The van der Waals surface area contributed by atoms with Crippen LogP contribution in [0.2, 0.25) is 0 Å². The van der Waals surface area contributed by atoms with Crippen LogP contribution in [-0.4, -0.2) is 36.2 Å². The van der Waals surface area contributed by atoms with Gasteiger partial charge in [-0.3, -0.25) is 15.0 Å². The summed E-state index contributed by atoms with van der Waals surface area (Å²) in [4.78, 5) is 14.3. The number of nitrogens with one attached hydrogen (secondary N) is 1. The molecule has 1 N–H and O–H groups in total. The molecule has 0 saturated heterocycles. The predicted molar refractivity (Wildman–Crippen MR) is 109 cm³/mol. The van der Waals surface area contributed by atoms with Crippen molar-refractivity contribution in [1.82, 2.24) is 10.1 Å². The minimum absolute atomic E-state index is 0.144. The molecule has 0 aliphatic rings. The lowest BCUT2D eigenvalue weighted by molar-refractivity contribution is -0.117. The van der Waals surface area contributed by atoms with Crippen LogP contribution in [0.25, 0.3) is 11.3 Å². The van der Waals surface area contributed by atoms with Gasteiger partial charge in [0, 0.05) is 18.2 Å². The second-order valence-corrected chi connectivity index (χ2v) is 6.76. The molecule has 0 aliphatic heterocycles. The molecule has 3 rings (SSSR count). The van der Waals surface area contributed by atoms with Crippen LogP contribution in [0.1, 0.15) is 18.1 Å². The van der Waals surface area contributed by atoms with E-state index in [2.05, 4.69) is 10.5 Å². The smallest absolute Gasteiger partial charge is 0.240 e. The molecule has 29 heavy (non-hydrogen) atoms. The average Bonchev–Trinajstić information content (AvgIpc) is 3.16. The Labute approximate surface area is 169 Å². The van der Waals surface area contributed by atoms with E-state index in [1.165, 1.54) is 13.2 Å². The molecule has 0 radical (unpaired) electrons. The third-order valence-corrected chi connectivity index (χ3v) is 4.56. The first kappa shape index (κ1) is 20.5. The second kappa shape index (κ2) is 9.34. The monoisotopic (exact) mass is 397 g/mol. The maximum atomic E-state index is 13.9. The summed E-state index contributed by atoms with van der Waals surface area (Å²) < 4.78 is 24.0. The number of carbonyl (C=O) groups is 1. The van der Waals surface area contributed by atoms with E-state index < -0.39 is 5.82 Å². The molecule has 7 heteroatoms. The highest BCUT2D eigenvalue weighted by Gasteiger charge is 2.14. The number of carbonyl (C=O) groups excluding carboxylic acids is 1. The zero-order valence-electron chi connectivity index (χ0n) is 16.7. The maximum Gasteiger partial charge on any atom is 0.240 e. The van der Waals surface area contributed by atoms with Crippen LogP contribution in [0.5, 0.6) is 5.75 Å². The molecule has 0 aliphatic carbocycles. The molecular formula is C22H24FN3O3. The van der Waals surface area contributed by atoms with Crippen molar-refractivity contribution in [2.75, 3.05) is 25.5 Å². The van der Waals surface area contributed by atoms with E-state index in [0.29, 0.717) is 18.8 Å². The van der Waals surface area contributed by atoms with Gasteiger partial charge in [0.1, 0.15) is 5.69 Å². The number of halogens is 1. The number of ether oxygens (including phenoxy) is 1. The van der Waals surface area contributed by atoms with Crippen LogP contribution in [0, 0.1) is 12.7 Å². The highest BCUT2D eigenvalue weighted by Crippen LogP contribution is 2.22. The Hall–Kier alpha value is -3.19. The highest BCUT2D eigenvalue weighted by atomic mass is 19.1. The first-order chi connectivity index (χ1) is 14.0. The highest BCUT2D eigenvalue weighted by molar-refractivity contribution is 5.91. The molecule has 1 heterocycles. The molecule has 0 atom stereocenters. The first-order valence-electron chi connectivity index (χ1n) is 9.37. The number of anilines is 1. The number of likely N-dealkylation sites (N-methyl/N-ethyl adjacent to an activating group) is 1. The molecule has 3 aromatic rings. The van der Waals surface area contributed by atoms with Crippen molar-refractivity contribution in [2.24, 2.45) is 0 Å². The molecule has 2 aromatic carbocycles. The normalized spacial score (nSPS) is 10.9. The van der Waals surface area contributed by atoms with E-state index in [4.69, 9.17) is 9.26 Å². The van der Waals surface area contributed by atoms with E-state index in [1.807, 2.05) is 43.0 Å². The molecule has 6 nitrogen and oxygen atoms in total. The largest absolute Gasteiger partial charge is 0.494 e. The molecular weight excluding hydrogens is 373 g/mol. The SMILES string of the molecule is CCN(CC(=O)Nc1cc(-c2ccc(C)cc2)no1)Cc1ccc(OC)c(F)c1. The van der Waals surface area contributed by atoms with Crippen LogP contribution in [0.3, 0.4) is 0 Å². The lowest BCUT2D eigenvalue weighted by atomic mass is 10.1. The third kappa shape index (κ3) is 5.42. The van der Waals surface area contributed by atoms with Crippen molar-refractivity contribution < 1.29 is 18.4 Å². The van der Waals surface area contributed by atoms with E-state index in [1.54, 1.807) is 18.2 Å². The van der Waals surface area contributed by atoms with E-state index >= 15 is 0 Å². The molecule has 0 spiro atoms. The van der Waals surface area contributed by atoms with E-state index in [-0.39, 0.29) is 24.1 Å². The summed E-state index contributed by atoms with van der Waals surface area (Å²) >= 11 is 0. The quantitative estimate of drug-likeness (QED) is 0.615. The number of nitrogens with zero attached hydrogens (tertiary/aromatic N) is 2. The number of hydrogen-bond acceptors (Lipinski definition) is 5. The standard InChI is InChI=1S/C22H24FN3O3/c1-4-26(13-16-7-10-20(28-3)18(23)11-16)14-21(27)24-22-12-19(25-29-22)17-8-5-15(2)6-9-17/h5-12H,4,13-14H2,1-3H3,(H,24,27). The van der Waals surface area contributed by atoms with Crippen molar-refractivity contribution in [1.29, 1.82) is 0 Å². The summed E-state index contributed by atoms with van der Waals surface area (Å²) in [7, 11) is 1.43. The van der Waals surface area contributed by atoms with Crippen molar-refractivity contribution >= 4 is 11.8 Å². The van der Waals surface area contributed by atoms with Crippen molar-refractivity contribution in [3.05, 3.63) is 65.5 Å². The Morgan fingerprint density at radius 1 is 1.21 bits per heavy atom. The van der Waals surface area contributed by atoms with Crippen molar-refractivity contribution in [2.45, 2.75) is 20.4 Å². The predicted octanol–water partition coefficient (Wildman–Crippen LogP) is 4.26. The van der Waals surface area contributed by atoms with Crippen LogP contribution >= 0.6 is 0 Å². The molecule has 0 unspecified atom stereocenters. The molecule has 0 saturated carbocycles. The summed E-state index contributed by atoms with van der Waals surface area (Å²) in [6.07, 6.45) is 0. The minimum atomic E-state index is -0.421. The molecule has 0 bridgehead atoms. The minimum Gasteiger partial charge on any atom is -0.494 e. The van der Waals surface area contributed by atoms with Crippen molar-refractivity contribution in [3.8, 4) is 17.0 Å². The fourth-order valence-corrected chi connectivity index (χ4v) is 2.92. The summed E-state index contributed by atoms with van der Waals surface area (Å²) in [6, 6.07) is 14.4. The van der Waals surface area contributed by atoms with Gasteiger partial charge < -0.3 is 9.26 Å². The first-order valence-corrected chi connectivity index (χ1v) is 9.37. The van der Waals surface area contributed by atoms with Gasteiger partial charge in [0.15, 0.2) is 11.6 Å². The summed E-state index contributed by atoms with van der Waals surface area (Å²) in [5, 5.41) is 6.73. The van der Waals surface area contributed by atoms with Gasteiger partial charge in [-0.25, -0.2) is 4.39 Å². The average molecular weight is 397 g/mol. The molecule has 0 fully saturated rings. The maximum absolute atomic E-state index is 13.9. The third-order valence-electron chi connectivity index (χ3n) is 4.56. The van der Waals surface area contributed by atoms with Gasteiger partial charge in [-0.2, -0.15) is 0 Å². The van der Waals surface area contributed by atoms with Crippen LogP contribution < -0.4 is 10.1 Å². The number of hydrogen-bond donors (Lipinski definition) is 1. The van der Waals surface area contributed by atoms with Gasteiger partial charge in [0.2, 0.25) is 11.8 Å². The van der Waals surface area contributed by atoms with E-state index in [0.717, 1.165) is 16.7 Å². The number of rotatable bonds is 8.